The predicted octanol–water partition coefficient (Wildman–Crippen LogP) is 0.413. The minimum Gasteiger partial charge on any atom is -0.480 e. The lowest BCUT2D eigenvalue weighted by Gasteiger charge is -2.43. The number of hydrogen-bond donors (Lipinski definition) is 3. The Labute approximate surface area is 140 Å². The first-order chi connectivity index (χ1) is 10.7. The molecule has 1 aromatic heterocycles. The molecule has 2 aliphatic heterocycles. The summed E-state index contributed by atoms with van der Waals surface area (Å²) in [6.45, 7) is 3.53. The number of thioether (sulfide) groups is 1. The number of nitrogens with one attached hydrogen (secondary N) is 1. The van der Waals surface area contributed by atoms with E-state index in [1.807, 2.05) is 0 Å². The summed E-state index contributed by atoms with van der Waals surface area (Å²) in [6, 6.07) is 1.64. The van der Waals surface area contributed by atoms with Crippen LogP contribution < -0.4 is 5.32 Å². The third-order valence-electron chi connectivity index (χ3n) is 4.03. The summed E-state index contributed by atoms with van der Waals surface area (Å²) in [6.07, 6.45) is -1.33. The molecule has 0 spiro atoms. The largest absolute Gasteiger partial charge is 0.480 e. The summed E-state index contributed by atoms with van der Waals surface area (Å²) in [5.74, 6) is -2.13. The van der Waals surface area contributed by atoms with Gasteiger partial charge in [-0.3, -0.25) is 9.59 Å². The number of β-lactam (4-membered cyclic amide) rings is 1. The molecule has 7 nitrogen and oxygen atoms in total. The first kappa shape index (κ1) is 16.3. The zero-order valence-electron chi connectivity index (χ0n) is 12.4. The van der Waals surface area contributed by atoms with Gasteiger partial charge in [0.05, 0.1) is 0 Å². The molecule has 124 valence electrons. The molecule has 4 unspecified atom stereocenters. The third-order valence-corrected chi connectivity index (χ3v) is 6.53. The van der Waals surface area contributed by atoms with Crippen molar-refractivity contribution in [3.05, 3.63) is 22.4 Å². The maximum absolute atomic E-state index is 12.2. The number of aliphatic hydroxyl groups excluding tert-OH is 1. The van der Waals surface area contributed by atoms with E-state index < -0.39 is 46.1 Å². The van der Waals surface area contributed by atoms with Gasteiger partial charge in [-0.2, -0.15) is 0 Å². The molecule has 3 heterocycles. The number of aliphatic hydroxyl groups is 1. The Hall–Kier alpha value is -1.58. The second-order valence-electron chi connectivity index (χ2n) is 6.00. The molecule has 0 aliphatic carbocycles. The summed E-state index contributed by atoms with van der Waals surface area (Å²) in [7, 11) is 0. The van der Waals surface area contributed by atoms with Crippen molar-refractivity contribution in [3.63, 3.8) is 0 Å². The lowest BCUT2D eigenvalue weighted by atomic mass is 9.96. The van der Waals surface area contributed by atoms with Crippen molar-refractivity contribution in [2.24, 2.45) is 0 Å². The van der Waals surface area contributed by atoms with E-state index in [2.05, 4.69) is 5.32 Å². The van der Waals surface area contributed by atoms with Crippen LogP contribution in [0.4, 0.5) is 0 Å². The van der Waals surface area contributed by atoms with Gasteiger partial charge in [-0.1, -0.05) is 6.07 Å². The van der Waals surface area contributed by atoms with Gasteiger partial charge in [0, 0.05) is 9.62 Å². The van der Waals surface area contributed by atoms with E-state index in [9.17, 15) is 24.6 Å². The van der Waals surface area contributed by atoms with Gasteiger partial charge in [0.2, 0.25) is 5.91 Å². The molecule has 0 bridgehead atoms. The van der Waals surface area contributed by atoms with E-state index in [0.717, 1.165) is 0 Å². The molecule has 0 radical (unpaired) electrons. The number of amides is 2. The molecule has 2 aliphatic rings. The van der Waals surface area contributed by atoms with Gasteiger partial charge in [0.15, 0.2) is 6.10 Å². The maximum Gasteiger partial charge on any atom is 0.327 e. The van der Waals surface area contributed by atoms with E-state index in [1.165, 1.54) is 28.0 Å². The van der Waals surface area contributed by atoms with E-state index in [1.54, 1.807) is 31.4 Å². The van der Waals surface area contributed by atoms with Crippen LogP contribution in [-0.4, -0.2) is 55.1 Å². The summed E-state index contributed by atoms with van der Waals surface area (Å²) < 4.78 is -0.641. The van der Waals surface area contributed by atoms with Crippen LogP contribution in [0.2, 0.25) is 0 Å². The minimum absolute atomic E-state index is 0.418. The average molecular weight is 356 g/mol. The van der Waals surface area contributed by atoms with E-state index >= 15 is 0 Å². The van der Waals surface area contributed by atoms with Crippen LogP contribution in [0.1, 0.15) is 24.8 Å². The zero-order valence-corrected chi connectivity index (χ0v) is 14.1. The van der Waals surface area contributed by atoms with Gasteiger partial charge >= 0.3 is 5.97 Å². The molecule has 9 heteroatoms. The lowest BCUT2D eigenvalue weighted by Crippen LogP contribution is -2.70. The third kappa shape index (κ3) is 2.52. The van der Waals surface area contributed by atoms with Crippen molar-refractivity contribution in [2.45, 2.75) is 42.2 Å². The highest BCUT2D eigenvalue weighted by Crippen LogP contribution is 2.50. The van der Waals surface area contributed by atoms with Crippen LogP contribution >= 0.6 is 23.1 Å². The molecule has 1 aromatic rings. The quantitative estimate of drug-likeness (QED) is 0.675. The highest BCUT2D eigenvalue weighted by molar-refractivity contribution is 8.01. The average Bonchev–Trinajstić information content (AvgIpc) is 3.08. The number of hydrogen-bond acceptors (Lipinski definition) is 6. The number of fused-ring (bicyclic) bond motifs is 1. The Kier molecular flexibility index (Phi) is 3.89. The predicted molar refractivity (Wildman–Crippen MR) is 84.9 cm³/mol. The Bertz CT molecular complexity index is 660. The highest BCUT2D eigenvalue weighted by Gasteiger charge is 2.64. The van der Waals surface area contributed by atoms with Crippen LogP contribution in [0, 0.1) is 0 Å². The van der Waals surface area contributed by atoms with Crippen LogP contribution in [0.5, 0.6) is 0 Å². The number of thiophene rings is 1. The summed E-state index contributed by atoms with van der Waals surface area (Å²) in [4.78, 5) is 37.6. The molecule has 3 N–H and O–H groups in total. The van der Waals surface area contributed by atoms with Crippen molar-refractivity contribution in [1.29, 1.82) is 0 Å². The maximum atomic E-state index is 12.2. The Morgan fingerprint density at radius 2 is 2.13 bits per heavy atom. The van der Waals surface area contributed by atoms with Crippen LogP contribution in [0.25, 0.3) is 0 Å². The van der Waals surface area contributed by atoms with Gasteiger partial charge in [-0.15, -0.1) is 23.1 Å². The lowest BCUT2D eigenvalue weighted by molar-refractivity contribution is -0.161. The number of nitrogens with zero attached hydrogens (tertiary/aromatic N) is 1. The molecule has 3 rings (SSSR count). The van der Waals surface area contributed by atoms with Crippen molar-refractivity contribution >= 4 is 40.9 Å². The fourth-order valence-corrected chi connectivity index (χ4v) is 5.29. The molecule has 2 saturated heterocycles. The van der Waals surface area contributed by atoms with Crippen LogP contribution in [0.15, 0.2) is 17.5 Å². The van der Waals surface area contributed by atoms with Gasteiger partial charge in [0.25, 0.3) is 5.91 Å². The monoisotopic (exact) mass is 356 g/mol. The fraction of sp³-hybridized carbons (Fsp3) is 0.500. The van der Waals surface area contributed by atoms with E-state index in [4.69, 9.17) is 0 Å². The van der Waals surface area contributed by atoms with Gasteiger partial charge < -0.3 is 20.4 Å². The van der Waals surface area contributed by atoms with Crippen molar-refractivity contribution in [1.82, 2.24) is 10.2 Å². The van der Waals surface area contributed by atoms with Crippen molar-refractivity contribution in [3.8, 4) is 0 Å². The number of carboxylic acid groups (broad SMARTS) is 1. The Morgan fingerprint density at radius 1 is 1.43 bits per heavy atom. The normalized spacial score (nSPS) is 29.6. The van der Waals surface area contributed by atoms with Crippen LogP contribution in [0.3, 0.4) is 0 Å². The van der Waals surface area contributed by atoms with Gasteiger partial charge in [0.1, 0.15) is 17.5 Å². The first-order valence-corrected chi connectivity index (χ1v) is 8.74. The number of aliphatic carboxylic acids is 1. The SMILES string of the molecule is CC1(C)SC2C(NC(=O)C(O)c3cccs3)C(=O)N2C1C(=O)O. The topological polar surface area (TPSA) is 107 Å². The number of carbonyl (C=O) groups excluding carboxylic acids is 2. The van der Waals surface area contributed by atoms with E-state index in [-0.39, 0.29) is 0 Å². The highest BCUT2D eigenvalue weighted by atomic mass is 32.2. The Balaban J connectivity index is 1.71. The second-order valence-corrected chi connectivity index (χ2v) is 8.75. The molecule has 4 atom stereocenters. The zero-order chi connectivity index (χ0) is 16.9. The summed E-state index contributed by atoms with van der Waals surface area (Å²) in [5, 5.41) is 23.2. The first-order valence-electron chi connectivity index (χ1n) is 6.98. The molecule has 2 fully saturated rings. The minimum atomic E-state index is -1.33. The second kappa shape index (κ2) is 5.50. The molecule has 0 aromatic carbocycles. The van der Waals surface area contributed by atoms with Crippen molar-refractivity contribution in [2.75, 3.05) is 0 Å². The number of carboxylic acids is 1. The molecule has 0 saturated carbocycles. The molecule has 2 amide bonds. The molecular weight excluding hydrogens is 340 g/mol. The van der Waals surface area contributed by atoms with Gasteiger partial charge in [-0.05, 0) is 25.3 Å². The van der Waals surface area contributed by atoms with Crippen molar-refractivity contribution < 1.29 is 24.6 Å². The van der Waals surface area contributed by atoms with Gasteiger partial charge in [-0.25, -0.2) is 4.79 Å². The smallest absolute Gasteiger partial charge is 0.327 e. The summed E-state index contributed by atoms with van der Waals surface area (Å²) in [5.41, 5.74) is 0. The Morgan fingerprint density at radius 3 is 2.70 bits per heavy atom. The number of rotatable bonds is 4. The fourth-order valence-electron chi connectivity index (χ4n) is 2.95. The van der Waals surface area contributed by atoms with E-state index in [0.29, 0.717) is 4.88 Å². The molecule has 23 heavy (non-hydrogen) atoms. The summed E-state index contributed by atoms with van der Waals surface area (Å²) >= 11 is 2.59. The standard InChI is InChI=1S/C14H16N2O5S2/c1-14(2)9(13(20)21)16-11(19)7(12(16)23-14)15-10(18)8(17)6-4-3-5-22-6/h3-5,7-9,12,17H,1-2H3,(H,15,18)(H,20,21). The molecular formula is C14H16N2O5S2. The number of carbonyl (C=O) groups is 3. The van der Waals surface area contributed by atoms with Crippen LogP contribution in [-0.2, 0) is 14.4 Å².